The molecule has 2 amide bonds. The number of nitrogens with zero attached hydrogens (tertiary/aromatic N) is 3. The SMILES string of the molecule is C=C1N[C@@]2(c3cc(O)ccc3F)CO[C@@H](C)C[C@H]2C(=O)N1C.C[C@H]1C[C@H]2C(=O)N(C)C(N)=N[C@@]2(c2cc(Oc3cc(F)ccc3F)ccc2F)CO1.FF.FF.FF.Fc1ccc(F)c(I)c1. The van der Waals surface area contributed by atoms with E-state index < -0.39 is 52.0 Å². The van der Waals surface area contributed by atoms with Gasteiger partial charge in [0.15, 0.2) is 17.5 Å². The number of hydrogen-bond acceptors (Lipinski definition) is 9. The number of nitrogens with one attached hydrogen (secondary N) is 1. The topological polar surface area (TPSA) is 139 Å². The third-order valence-corrected chi connectivity index (χ3v) is 11.8. The Bertz CT molecular complexity index is 2410. The molecule has 4 heterocycles. The number of aromatic hydroxyl groups is 1. The Morgan fingerprint density at radius 1 is 0.731 bits per heavy atom. The summed E-state index contributed by atoms with van der Waals surface area (Å²) in [7, 11) is 3.15. The van der Waals surface area contributed by atoms with E-state index in [0.29, 0.717) is 22.2 Å². The van der Waals surface area contributed by atoms with E-state index in [1.54, 1.807) is 29.6 Å². The van der Waals surface area contributed by atoms with Gasteiger partial charge in [-0.3, -0.25) is 14.5 Å². The molecule has 4 aromatic rings. The van der Waals surface area contributed by atoms with Crippen LogP contribution in [0.2, 0.25) is 0 Å². The number of fused-ring (bicyclic) bond motifs is 2. The molecule has 0 aromatic heterocycles. The summed E-state index contributed by atoms with van der Waals surface area (Å²) in [6, 6.07) is 13.7. The summed E-state index contributed by atoms with van der Waals surface area (Å²) in [6.45, 7) is 7.62. The Labute approximate surface area is 388 Å². The number of amides is 2. The number of hydrogen-bond donors (Lipinski definition) is 3. The predicted octanol–water partition coefficient (Wildman–Crippen LogP) is 10.1. The highest BCUT2D eigenvalue weighted by atomic mass is 127. The lowest BCUT2D eigenvalue weighted by Crippen LogP contribution is -2.65. The lowest BCUT2D eigenvalue weighted by Gasteiger charge is -2.51. The van der Waals surface area contributed by atoms with Gasteiger partial charge in [-0.15, -0.1) is 0 Å². The van der Waals surface area contributed by atoms with Crippen LogP contribution in [0.4, 0.5) is 53.8 Å². The van der Waals surface area contributed by atoms with Crippen molar-refractivity contribution in [3.63, 3.8) is 0 Å². The van der Waals surface area contributed by atoms with Gasteiger partial charge in [-0.05, 0) is 116 Å². The van der Waals surface area contributed by atoms with Crippen molar-refractivity contribution in [1.29, 1.82) is 0 Å². The van der Waals surface area contributed by atoms with Gasteiger partial charge in [-0.1, -0.05) is 6.58 Å². The molecule has 0 radical (unpaired) electrons. The van der Waals surface area contributed by atoms with Crippen LogP contribution in [-0.4, -0.2) is 72.2 Å². The highest BCUT2D eigenvalue weighted by Crippen LogP contribution is 2.47. The standard InChI is InChI=1S/C21H20F3N3O3.C16H19FN2O3.C6H3F2I.3F2/c1-11-7-15-19(28)27(2)20(25)26-21(15,10-29-11)14-9-13(4-6-16(14)23)30-18-8-12(22)3-5-17(18)24;1-9-6-13-15(21)19(3)10(2)18-16(13,8-22-9)12-7-11(20)4-5-14(12)17;7-4-1-2-5(8)6(9)3-4;3*1-2/h3-6,8-9,11,15H,7,10H2,1-2H3,(H2,25,26);4-5,7,9,13,18,20H,2,6,8H2,1,3H3;1-3H;;;/t11-,15-,21+;9-,13-,16+;;;;/m00..../s1. The number of carbonyl (C=O) groups is 2. The van der Waals surface area contributed by atoms with Gasteiger partial charge in [-0.2, -0.15) is 0 Å². The fraction of sp³-hybridized carbons (Fsp3) is 0.326. The van der Waals surface area contributed by atoms with E-state index >= 15 is 0 Å². The maximum atomic E-state index is 15.0. The molecule has 8 rings (SSSR count). The van der Waals surface area contributed by atoms with E-state index in [1.165, 1.54) is 47.2 Å². The molecular formula is C43H42F12IN5O6. The van der Waals surface area contributed by atoms with Crippen LogP contribution in [-0.2, 0) is 30.1 Å². The summed E-state index contributed by atoms with van der Waals surface area (Å²) in [5, 5.41) is 12.9. The summed E-state index contributed by atoms with van der Waals surface area (Å²) >= 11 is 1.73. The van der Waals surface area contributed by atoms with Crippen molar-refractivity contribution < 1.29 is 82.7 Å². The number of nitrogens with two attached hydrogens (primary N) is 1. The molecule has 366 valence electrons. The van der Waals surface area contributed by atoms with Gasteiger partial charge < -0.3 is 35.3 Å². The van der Waals surface area contributed by atoms with Gasteiger partial charge in [0.2, 0.25) is 11.8 Å². The number of phenolic OH excluding ortho intramolecular Hbond substituents is 1. The van der Waals surface area contributed by atoms with Crippen LogP contribution >= 0.6 is 22.6 Å². The second-order valence-electron chi connectivity index (χ2n) is 15.1. The lowest BCUT2D eigenvalue weighted by molar-refractivity contribution is -0.153. The number of benzene rings is 4. The molecule has 3 saturated heterocycles. The molecule has 3 fully saturated rings. The van der Waals surface area contributed by atoms with Gasteiger partial charge in [-0.25, -0.2) is 31.3 Å². The Morgan fingerprint density at radius 3 is 1.87 bits per heavy atom. The van der Waals surface area contributed by atoms with Crippen LogP contribution in [0.15, 0.2) is 90.2 Å². The molecule has 0 saturated carbocycles. The zero-order valence-electron chi connectivity index (χ0n) is 35.6. The van der Waals surface area contributed by atoms with Crippen molar-refractivity contribution in [2.45, 2.75) is 50.0 Å². The van der Waals surface area contributed by atoms with Crippen LogP contribution in [0, 0.1) is 50.3 Å². The molecule has 11 nitrogen and oxygen atoms in total. The molecule has 6 atom stereocenters. The van der Waals surface area contributed by atoms with Gasteiger partial charge in [0, 0.05) is 58.7 Å². The van der Waals surface area contributed by atoms with Crippen molar-refractivity contribution >= 4 is 40.4 Å². The van der Waals surface area contributed by atoms with Crippen LogP contribution in [0.5, 0.6) is 17.2 Å². The molecule has 24 heteroatoms. The van der Waals surface area contributed by atoms with E-state index in [4.69, 9.17) is 47.4 Å². The van der Waals surface area contributed by atoms with E-state index in [1.807, 2.05) is 13.8 Å². The van der Waals surface area contributed by atoms with E-state index in [9.17, 15) is 41.0 Å². The lowest BCUT2D eigenvalue weighted by atomic mass is 9.72. The van der Waals surface area contributed by atoms with Crippen molar-refractivity contribution in [2.75, 3.05) is 27.3 Å². The highest BCUT2D eigenvalue weighted by Gasteiger charge is 2.55. The van der Waals surface area contributed by atoms with E-state index in [-0.39, 0.29) is 77.4 Å². The second-order valence-corrected chi connectivity index (χ2v) is 16.3. The average molecular weight is 1080 g/mol. The van der Waals surface area contributed by atoms with Crippen molar-refractivity contribution in [2.24, 2.45) is 22.6 Å². The smallest absolute Gasteiger partial charge is 0.235 e. The van der Waals surface area contributed by atoms with Crippen LogP contribution in [0.1, 0.15) is 37.8 Å². The maximum Gasteiger partial charge on any atom is 0.235 e. The van der Waals surface area contributed by atoms with Crippen LogP contribution in [0.25, 0.3) is 0 Å². The third kappa shape index (κ3) is 12.4. The van der Waals surface area contributed by atoms with Crippen molar-refractivity contribution in [1.82, 2.24) is 15.1 Å². The molecule has 4 N–H and O–H groups in total. The largest absolute Gasteiger partial charge is 0.508 e. The van der Waals surface area contributed by atoms with Gasteiger partial charge in [0.25, 0.3) is 0 Å². The van der Waals surface area contributed by atoms with Crippen LogP contribution in [0.3, 0.4) is 0 Å². The van der Waals surface area contributed by atoms with Crippen LogP contribution < -0.4 is 15.8 Å². The molecular weight excluding hydrogens is 1040 g/mol. The number of guanidine groups is 1. The number of halogens is 13. The second kappa shape index (κ2) is 24.3. The van der Waals surface area contributed by atoms with Gasteiger partial charge in [0.1, 0.15) is 57.5 Å². The zero-order valence-corrected chi connectivity index (χ0v) is 37.8. The first-order chi connectivity index (χ1) is 31.8. The summed E-state index contributed by atoms with van der Waals surface area (Å²) in [4.78, 5) is 32.7. The van der Waals surface area contributed by atoms with Crippen molar-refractivity contribution in [3.8, 4) is 17.2 Å². The van der Waals surface area contributed by atoms with Crippen molar-refractivity contribution in [3.05, 3.63) is 135 Å². The monoisotopic (exact) mass is 1080 g/mol. The predicted molar refractivity (Wildman–Crippen MR) is 226 cm³/mol. The number of aliphatic imine (C=N–C) groups is 1. The third-order valence-electron chi connectivity index (χ3n) is 11.0. The molecule has 0 aliphatic carbocycles. The summed E-state index contributed by atoms with van der Waals surface area (Å²) in [6.07, 6.45) is 0.476. The Balaban J connectivity index is 0.000000281. The molecule has 4 aromatic carbocycles. The first-order valence-corrected chi connectivity index (χ1v) is 20.4. The molecule has 4 aliphatic rings. The fourth-order valence-electron chi connectivity index (χ4n) is 7.69. The molecule has 0 spiro atoms. The summed E-state index contributed by atoms with van der Waals surface area (Å²) < 4.78 is 147. The minimum atomic E-state index is -1.38. The minimum absolute atomic E-state index is 0.0399. The maximum absolute atomic E-state index is 15.0. The van der Waals surface area contributed by atoms with E-state index in [2.05, 4.69) is 16.9 Å². The molecule has 0 unspecified atom stereocenters. The van der Waals surface area contributed by atoms with E-state index in [0.717, 1.165) is 42.5 Å². The quantitative estimate of drug-likeness (QED) is 0.104. The number of carbonyl (C=O) groups excluding carboxylic acids is 2. The summed E-state index contributed by atoms with van der Waals surface area (Å²) in [5.74, 6) is -4.97. The minimum Gasteiger partial charge on any atom is -0.508 e. The molecule has 67 heavy (non-hydrogen) atoms. The number of rotatable bonds is 4. The summed E-state index contributed by atoms with van der Waals surface area (Å²) in [5.41, 5.74) is 3.77. The number of phenols is 1. The fourth-order valence-corrected chi connectivity index (χ4v) is 8.17. The Morgan fingerprint density at radius 2 is 1.25 bits per heavy atom. The normalized spacial score (nSPS) is 23.7. The average Bonchev–Trinajstić information content (AvgIpc) is 3.32. The first kappa shape index (κ1) is 55.6. The highest BCUT2D eigenvalue weighted by molar-refractivity contribution is 14.1. The molecule has 4 aliphatic heterocycles. The zero-order chi connectivity index (χ0) is 50.6. The van der Waals surface area contributed by atoms with Gasteiger partial charge in [0.05, 0.1) is 40.8 Å². The first-order valence-electron chi connectivity index (χ1n) is 19.3. The Kier molecular flexibility index (Phi) is 20.2. The Hall–Kier alpha value is -5.76. The molecule has 0 bridgehead atoms. The number of ether oxygens (including phenoxy) is 3. The van der Waals surface area contributed by atoms with Gasteiger partial charge >= 0.3 is 0 Å².